The summed E-state index contributed by atoms with van der Waals surface area (Å²) in [6.07, 6.45) is 3.89. The lowest BCUT2D eigenvalue weighted by molar-refractivity contribution is 0.0298. The summed E-state index contributed by atoms with van der Waals surface area (Å²) in [5.41, 5.74) is 3.17. The van der Waals surface area contributed by atoms with Crippen LogP contribution in [-0.4, -0.2) is 66.3 Å². The molecule has 10 nitrogen and oxygen atoms in total. The number of nitrogens with one attached hydrogen (secondary N) is 3. The molecule has 3 aliphatic rings. The van der Waals surface area contributed by atoms with E-state index in [2.05, 4.69) is 26.7 Å². The molecular formula is C24H24N6O4. The zero-order valence-corrected chi connectivity index (χ0v) is 18.5. The largest absolute Gasteiger partial charge is 0.485 e. The van der Waals surface area contributed by atoms with Crippen LogP contribution in [0.4, 0.5) is 17.2 Å². The molecular weight excluding hydrogens is 436 g/mol. The van der Waals surface area contributed by atoms with Crippen LogP contribution in [0.2, 0.25) is 0 Å². The fourth-order valence-corrected chi connectivity index (χ4v) is 4.33. The fourth-order valence-electron chi connectivity index (χ4n) is 4.33. The number of anilines is 3. The molecule has 2 fully saturated rings. The number of hydrogen-bond donors (Lipinski definition) is 3. The van der Waals surface area contributed by atoms with Gasteiger partial charge in [-0.05, 0) is 25.0 Å². The minimum absolute atomic E-state index is 0.0949. The third kappa shape index (κ3) is 3.74. The number of pyridine rings is 1. The number of nitriles is 1. The van der Waals surface area contributed by atoms with E-state index >= 15 is 0 Å². The highest BCUT2D eigenvalue weighted by Crippen LogP contribution is 2.43. The van der Waals surface area contributed by atoms with Crippen molar-refractivity contribution < 1.29 is 19.0 Å². The molecule has 3 aromatic rings. The van der Waals surface area contributed by atoms with Gasteiger partial charge in [-0.1, -0.05) is 0 Å². The van der Waals surface area contributed by atoms with Gasteiger partial charge in [0.2, 0.25) is 0 Å². The molecule has 2 aliphatic heterocycles. The Morgan fingerprint density at radius 1 is 1.12 bits per heavy atom. The Hall–Kier alpha value is -3.97. The van der Waals surface area contributed by atoms with E-state index < -0.39 is 0 Å². The Kier molecular flexibility index (Phi) is 5.11. The Bertz CT molecular complexity index is 1300. The van der Waals surface area contributed by atoms with Crippen LogP contribution in [0.25, 0.3) is 11.0 Å². The van der Waals surface area contributed by atoms with Crippen molar-refractivity contribution in [2.45, 2.75) is 18.9 Å². The predicted octanol–water partition coefficient (Wildman–Crippen LogP) is 3.00. The van der Waals surface area contributed by atoms with Crippen molar-refractivity contribution in [3.05, 3.63) is 35.5 Å². The number of benzene rings is 1. The van der Waals surface area contributed by atoms with E-state index in [1.807, 2.05) is 12.1 Å². The standard InChI is InChI=1S/C24H24N6O4/c25-12-14-13-26-23-20(14)18(27-15-1-2-15)11-19(29-23)28-17-4-3-16(21-22(17)34-10-9-33-21)24(31)30-5-7-32-8-6-30/h3-4,11,13,15H,1-2,5-10H2,(H3,26,27,28,29). The van der Waals surface area contributed by atoms with Gasteiger partial charge in [0.25, 0.3) is 5.91 Å². The summed E-state index contributed by atoms with van der Waals surface area (Å²) in [6.45, 7) is 2.93. The maximum atomic E-state index is 13.1. The number of aromatic amines is 1. The van der Waals surface area contributed by atoms with Gasteiger partial charge in [-0.25, -0.2) is 4.98 Å². The quantitative estimate of drug-likeness (QED) is 0.531. The normalized spacial score (nSPS) is 17.3. The molecule has 1 saturated carbocycles. The lowest BCUT2D eigenvalue weighted by Crippen LogP contribution is -2.41. The van der Waals surface area contributed by atoms with Crippen molar-refractivity contribution in [2.24, 2.45) is 0 Å². The van der Waals surface area contributed by atoms with E-state index in [0.29, 0.717) is 85.3 Å². The number of morpholine rings is 1. The highest BCUT2D eigenvalue weighted by molar-refractivity contribution is 6.00. The van der Waals surface area contributed by atoms with E-state index in [0.717, 1.165) is 23.9 Å². The maximum absolute atomic E-state index is 13.1. The molecule has 2 aromatic heterocycles. The van der Waals surface area contributed by atoms with Crippen molar-refractivity contribution in [3.63, 3.8) is 0 Å². The number of carbonyl (C=O) groups excluding carboxylic acids is 1. The van der Waals surface area contributed by atoms with Gasteiger partial charge >= 0.3 is 0 Å². The van der Waals surface area contributed by atoms with Crippen LogP contribution >= 0.6 is 0 Å². The lowest BCUT2D eigenvalue weighted by atomic mass is 10.1. The van der Waals surface area contributed by atoms with Crippen molar-refractivity contribution in [1.29, 1.82) is 5.26 Å². The summed E-state index contributed by atoms with van der Waals surface area (Å²) >= 11 is 0. The minimum Gasteiger partial charge on any atom is -0.485 e. The van der Waals surface area contributed by atoms with Gasteiger partial charge in [-0.3, -0.25) is 4.79 Å². The summed E-state index contributed by atoms with van der Waals surface area (Å²) in [7, 11) is 0. The third-order valence-corrected chi connectivity index (χ3v) is 6.18. The first-order valence-corrected chi connectivity index (χ1v) is 11.5. The van der Waals surface area contributed by atoms with Gasteiger partial charge in [0.15, 0.2) is 11.5 Å². The zero-order chi connectivity index (χ0) is 23.1. The summed E-state index contributed by atoms with van der Waals surface area (Å²) in [6, 6.07) is 8.12. The van der Waals surface area contributed by atoms with Crippen molar-refractivity contribution >= 4 is 34.1 Å². The molecule has 1 aliphatic carbocycles. The first kappa shape index (κ1) is 20.6. The number of fused-ring (bicyclic) bond motifs is 2. The van der Waals surface area contributed by atoms with Crippen LogP contribution < -0.4 is 20.1 Å². The number of aromatic nitrogens is 2. The highest BCUT2D eigenvalue weighted by Gasteiger charge is 2.28. The fraction of sp³-hybridized carbons (Fsp3) is 0.375. The molecule has 174 valence electrons. The molecule has 0 atom stereocenters. The molecule has 0 radical (unpaired) electrons. The Morgan fingerprint density at radius 2 is 1.91 bits per heavy atom. The monoisotopic (exact) mass is 460 g/mol. The number of ether oxygens (including phenoxy) is 3. The number of carbonyl (C=O) groups is 1. The second kappa shape index (κ2) is 8.43. The molecule has 1 amide bonds. The smallest absolute Gasteiger partial charge is 0.257 e. The first-order valence-electron chi connectivity index (χ1n) is 11.5. The van der Waals surface area contributed by atoms with Gasteiger partial charge in [-0.15, -0.1) is 0 Å². The Balaban J connectivity index is 1.35. The second-order valence-electron chi connectivity index (χ2n) is 8.56. The van der Waals surface area contributed by atoms with E-state index in [4.69, 9.17) is 14.2 Å². The number of rotatable bonds is 5. The number of amides is 1. The van der Waals surface area contributed by atoms with E-state index in [-0.39, 0.29) is 5.91 Å². The van der Waals surface area contributed by atoms with E-state index in [9.17, 15) is 10.1 Å². The molecule has 0 spiro atoms. The zero-order valence-electron chi connectivity index (χ0n) is 18.5. The summed E-state index contributed by atoms with van der Waals surface area (Å²) in [5.74, 6) is 1.43. The predicted molar refractivity (Wildman–Crippen MR) is 125 cm³/mol. The van der Waals surface area contributed by atoms with Crippen LogP contribution in [0.1, 0.15) is 28.8 Å². The molecule has 3 N–H and O–H groups in total. The maximum Gasteiger partial charge on any atom is 0.257 e. The summed E-state index contributed by atoms with van der Waals surface area (Å²) in [4.78, 5) is 22.7. The molecule has 0 unspecified atom stereocenters. The first-order chi connectivity index (χ1) is 16.7. The minimum atomic E-state index is -0.0949. The average molecular weight is 460 g/mol. The second-order valence-corrected chi connectivity index (χ2v) is 8.56. The molecule has 0 bridgehead atoms. The van der Waals surface area contributed by atoms with Crippen molar-refractivity contribution in [1.82, 2.24) is 14.9 Å². The van der Waals surface area contributed by atoms with Crippen LogP contribution in [0.5, 0.6) is 11.5 Å². The van der Waals surface area contributed by atoms with E-state index in [1.54, 1.807) is 17.2 Å². The van der Waals surface area contributed by atoms with Crippen LogP contribution in [0.3, 0.4) is 0 Å². The average Bonchev–Trinajstić information content (AvgIpc) is 3.60. The molecule has 34 heavy (non-hydrogen) atoms. The molecule has 10 heteroatoms. The molecule has 1 saturated heterocycles. The van der Waals surface area contributed by atoms with Crippen molar-refractivity contribution in [3.8, 4) is 17.6 Å². The molecule has 6 rings (SSSR count). The number of nitrogens with zero attached hydrogens (tertiary/aromatic N) is 3. The molecule has 4 heterocycles. The summed E-state index contributed by atoms with van der Waals surface area (Å²) in [5, 5.41) is 17.1. The van der Waals surface area contributed by atoms with Crippen LogP contribution in [-0.2, 0) is 4.74 Å². The topological polar surface area (TPSA) is 125 Å². The Labute approximate surface area is 195 Å². The van der Waals surface area contributed by atoms with Gasteiger partial charge < -0.3 is 34.7 Å². The van der Waals surface area contributed by atoms with Gasteiger partial charge in [0.1, 0.15) is 30.7 Å². The summed E-state index contributed by atoms with van der Waals surface area (Å²) < 4.78 is 17.2. The SMILES string of the molecule is N#Cc1c[nH]c2nc(Nc3ccc(C(=O)N4CCOCC4)c4c3OCCO4)cc(NC3CC3)c12. The van der Waals surface area contributed by atoms with Gasteiger partial charge in [-0.2, -0.15) is 5.26 Å². The lowest BCUT2D eigenvalue weighted by Gasteiger charge is -2.29. The van der Waals surface area contributed by atoms with Gasteiger partial charge in [0, 0.05) is 31.4 Å². The third-order valence-electron chi connectivity index (χ3n) is 6.18. The van der Waals surface area contributed by atoms with Crippen molar-refractivity contribution in [2.75, 3.05) is 50.2 Å². The Morgan fingerprint density at radius 3 is 2.68 bits per heavy atom. The van der Waals surface area contributed by atoms with Crippen LogP contribution in [0, 0.1) is 11.3 Å². The van der Waals surface area contributed by atoms with Crippen LogP contribution in [0.15, 0.2) is 24.4 Å². The van der Waals surface area contributed by atoms with E-state index in [1.165, 1.54) is 0 Å². The number of hydrogen-bond acceptors (Lipinski definition) is 8. The highest BCUT2D eigenvalue weighted by atomic mass is 16.6. The number of H-pyrrole nitrogens is 1. The molecule has 1 aromatic carbocycles. The van der Waals surface area contributed by atoms with Gasteiger partial charge in [0.05, 0.1) is 41.1 Å².